The Morgan fingerprint density at radius 2 is 2.25 bits per heavy atom. The van der Waals surface area contributed by atoms with E-state index >= 15 is 0 Å². The van der Waals surface area contributed by atoms with E-state index in [1.165, 1.54) is 13.3 Å². The van der Waals surface area contributed by atoms with Gasteiger partial charge in [0.2, 0.25) is 0 Å². The average molecular weight is 217 g/mol. The van der Waals surface area contributed by atoms with Gasteiger partial charge in [-0.1, -0.05) is 23.8 Å². The first kappa shape index (κ1) is 10.4. The first-order valence-electron chi connectivity index (χ1n) is 4.82. The van der Waals surface area contributed by atoms with Crippen molar-refractivity contribution < 1.29 is 13.9 Å². The molecular weight excluding hydrogens is 206 g/mol. The van der Waals surface area contributed by atoms with Crippen LogP contribution in [0.1, 0.15) is 16.2 Å². The van der Waals surface area contributed by atoms with E-state index in [4.69, 9.17) is 4.42 Å². The summed E-state index contributed by atoms with van der Waals surface area (Å²) in [5, 5.41) is 0. The monoisotopic (exact) mass is 217 g/mol. The fraction of sp³-hybridized carbons (Fsp3) is 0.167. The Balaban J connectivity index is 2.35. The summed E-state index contributed by atoms with van der Waals surface area (Å²) in [5.41, 5.74) is 2.01. The predicted octanol–water partition coefficient (Wildman–Crippen LogP) is 2.44. The largest absolute Gasteiger partial charge is 0.462 e. The van der Waals surface area contributed by atoms with E-state index in [-0.39, 0.29) is 5.89 Å². The number of aryl methyl sites for hydroxylation is 1. The molecule has 0 aliphatic carbocycles. The number of methoxy groups -OCH3 is 1. The van der Waals surface area contributed by atoms with E-state index in [9.17, 15) is 4.79 Å². The highest BCUT2D eigenvalue weighted by molar-refractivity contribution is 5.84. The lowest BCUT2D eigenvalue weighted by molar-refractivity contribution is 0.0557. The minimum Gasteiger partial charge on any atom is -0.462 e. The summed E-state index contributed by atoms with van der Waals surface area (Å²) in [7, 11) is 1.29. The Morgan fingerprint density at radius 1 is 1.44 bits per heavy atom. The molecule has 4 nitrogen and oxygen atoms in total. The highest BCUT2D eigenvalue weighted by Gasteiger charge is 2.13. The zero-order valence-electron chi connectivity index (χ0n) is 9.06. The minimum absolute atomic E-state index is 0.0287. The second-order valence-electron chi connectivity index (χ2n) is 3.39. The van der Waals surface area contributed by atoms with Gasteiger partial charge in [-0.25, -0.2) is 9.78 Å². The molecule has 2 aromatic rings. The Labute approximate surface area is 92.9 Å². The van der Waals surface area contributed by atoms with Crippen molar-refractivity contribution in [2.75, 3.05) is 7.11 Å². The van der Waals surface area contributed by atoms with E-state index in [2.05, 4.69) is 9.72 Å². The van der Waals surface area contributed by atoms with Gasteiger partial charge in [0.15, 0.2) is 5.76 Å². The van der Waals surface area contributed by atoms with Crippen LogP contribution in [0.25, 0.3) is 11.3 Å². The van der Waals surface area contributed by atoms with Crippen LogP contribution in [0, 0.1) is 6.92 Å². The number of ether oxygens (including phenoxy) is 1. The summed E-state index contributed by atoms with van der Waals surface area (Å²) < 4.78 is 9.81. The fourth-order valence-electron chi connectivity index (χ4n) is 1.39. The zero-order chi connectivity index (χ0) is 11.5. The molecule has 0 bridgehead atoms. The first-order chi connectivity index (χ1) is 7.70. The molecule has 0 amide bonds. The van der Waals surface area contributed by atoms with Crippen molar-refractivity contribution in [2.45, 2.75) is 6.92 Å². The summed E-state index contributed by atoms with van der Waals surface area (Å²) in [6, 6.07) is 7.77. The Hall–Kier alpha value is -2.10. The van der Waals surface area contributed by atoms with E-state index in [1.807, 2.05) is 31.2 Å². The quantitative estimate of drug-likeness (QED) is 0.725. The second-order valence-corrected chi connectivity index (χ2v) is 3.39. The van der Waals surface area contributed by atoms with Gasteiger partial charge in [-0.3, -0.25) is 0 Å². The Bertz CT molecular complexity index is 516. The highest BCUT2D eigenvalue weighted by Crippen LogP contribution is 2.21. The molecule has 0 saturated carbocycles. The molecular formula is C12H11NO3. The highest BCUT2D eigenvalue weighted by atomic mass is 16.5. The third-order valence-corrected chi connectivity index (χ3v) is 2.17. The summed E-state index contributed by atoms with van der Waals surface area (Å²) in [4.78, 5) is 15.0. The molecule has 1 heterocycles. The van der Waals surface area contributed by atoms with Gasteiger partial charge in [-0.05, 0) is 13.0 Å². The lowest BCUT2D eigenvalue weighted by Gasteiger charge is -1.97. The van der Waals surface area contributed by atoms with Crippen molar-refractivity contribution >= 4 is 5.97 Å². The van der Waals surface area contributed by atoms with Gasteiger partial charge in [0, 0.05) is 5.56 Å². The van der Waals surface area contributed by atoms with Gasteiger partial charge in [0.1, 0.15) is 0 Å². The van der Waals surface area contributed by atoms with Crippen LogP contribution in [-0.2, 0) is 4.74 Å². The number of rotatable bonds is 2. The lowest BCUT2D eigenvalue weighted by Crippen LogP contribution is -2.00. The number of nitrogens with zero attached hydrogens (tertiary/aromatic N) is 1. The lowest BCUT2D eigenvalue weighted by atomic mass is 10.1. The summed E-state index contributed by atoms with van der Waals surface area (Å²) >= 11 is 0. The molecule has 0 aliphatic rings. The Kier molecular flexibility index (Phi) is 2.72. The maximum absolute atomic E-state index is 11.1. The number of oxazole rings is 1. The molecule has 1 aromatic heterocycles. The van der Waals surface area contributed by atoms with Gasteiger partial charge in [0.05, 0.1) is 13.3 Å². The summed E-state index contributed by atoms with van der Waals surface area (Å²) in [5.74, 6) is -0.0398. The van der Waals surface area contributed by atoms with E-state index in [0.717, 1.165) is 11.1 Å². The predicted molar refractivity (Wildman–Crippen MR) is 58.0 cm³/mol. The fourth-order valence-corrected chi connectivity index (χ4v) is 1.39. The molecule has 0 atom stereocenters. The number of esters is 1. The van der Waals surface area contributed by atoms with E-state index in [1.54, 1.807) is 0 Å². The van der Waals surface area contributed by atoms with Crippen molar-refractivity contribution in [2.24, 2.45) is 0 Å². The molecule has 0 spiro atoms. The van der Waals surface area contributed by atoms with Gasteiger partial charge in [-0.15, -0.1) is 0 Å². The van der Waals surface area contributed by atoms with Crippen LogP contribution >= 0.6 is 0 Å². The maximum Gasteiger partial charge on any atom is 0.394 e. The molecule has 0 saturated heterocycles. The summed E-state index contributed by atoms with van der Waals surface area (Å²) in [6.07, 6.45) is 1.51. The molecule has 0 N–H and O–H groups in total. The van der Waals surface area contributed by atoms with Crippen molar-refractivity contribution in [3.05, 3.63) is 41.9 Å². The molecule has 82 valence electrons. The number of hydrogen-bond donors (Lipinski definition) is 0. The SMILES string of the molecule is COC(=O)c1ncc(-c2cccc(C)c2)o1. The Morgan fingerprint density at radius 3 is 2.94 bits per heavy atom. The molecule has 0 fully saturated rings. The van der Waals surface area contributed by atoms with Gasteiger partial charge >= 0.3 is 11.9 Å². The number of benzene rings is 1. The third kappa shape index (κ3) is 1.95. The molecule has 4 heteroatoms. The summed E-state index contributed by atoms with van der Waals surface area (Å²) in [6.45, 7) is 1.99. The third-order valence-electron chi connectivity index (χ3n) is 2.17. The van der Waals surface area contributed by atoms with Crippen LogP contribution in [-0.4, -0.2) is 18.1 Å². The standard InChI is InChI=1S/C12H11NO3/c1-8-4-3-5-9(6-8)10-7-13-11(16-10)12(14)15-2/h3-7H,1-2H3. The smallest absolute Gasteiger partial charge is 0.394 e. The van der Waals surface area contributed by atoms with Crippen molar-refractivity contribution in [1.82, 2.24) is 4.98 Å². The number of carbonyl (C=O) groups excluding carboxylic acids is 1. The molecule has 1 aromatic carbocycles. The molecule has 2 rings (SSSR count). The van der Waals surface area contributed by atoms with Crippen molar-refractivity contribution in [1.29, 1.82) is 0 Å². The first-order valence-corrected chi connectivity index (χ1v) is 4.82. The second kappa shape index (κ2) is 4.18. The number of hydrogen-bond acceptors (Lipinski definition) is 4. The van der Waals surface area contributed by atoms with Gasteiger partial charge in [-0.2, -0.15) is 0 Å². The normalized spacial score (nSPS) is 10.1. The van der Waals surface area contributed by atoms with E-state index in [0.29, 0.717) is 5.76 Å². The average Bonchev–Trinajstić information content (AvgIpc) is 2.77. The van der Waals surface area contributed by atoms with Crippen LogP contribution in [0.3, 0.4) is 0 Å². The van der Waals surface area contributed by atoms with Crippen molar-refractivity contribution in [3.8, 4) is 11.3 Å². The number of carbonyl (C=O) groups is 1. The molecule has 0 aliphatic heterocycles. The van der Waals surface area contributed by atoms with Crippen LogP contribution in [0.4, 0.5) is 0 Å². The van der Waals surface area contributed by atoms with E-state index < -0.39 is 5.97 Å². The zero-order valence-corrected chi connectivity index (χ0v) is 9.06. The number of aromatic nitrogens is 1. The van der Waals surface area contributed by atoms with Crippen LogP contribution in [0.5, 0.6) is 0 Å². The molecule has 0 radical (unpaired) electrons. The topological polar surface area (TPSA) is 52.3 Å². The van der Waals surface area contributed by atoms with Crippen LogP contribution < -0.4 is 0 Å². The molecule has 0 unspecified atom stereocenters. The van der Waals surface area contributed by atoms with Crippen LogP contribution in [0.15, 0.2) is 34.9 Å². The van der Waals surface area contributed by atoms with Crippen LogP contribution in [0.2, 0.25) is 0 Å². The minimum atomic E-state index is -0.570. The van der Waals surface area contributed by atoms with Gasteiger partial charge < -0.3 is 9.15 Å². The molecule has 16 heavy (non-hydrogen) atoms. The van der Waals surface area contributed by atoms with Crippen molar-refractivity contribution in [3.63, 3.8) is 0 Å². The maximum atomic E-state index is 11.1. The van der Waals surface area contributed by atoms with Gasteiger partial charge in [0.25, 0.3) is 0 Å².